The van der Waals surface area contributed by atoms with Crippen LogP contribution in [-0.4, -0.2) is 119 Å². The van der Waals surface area contributed by atoms with Crippen LogP contribution in [0, 0.1) is 11.3 Å². The number of piperidine rings is 1. The van der Waals surface area contributed by atoms with Crippen molar-refractivity contribution in [3.8, 4) is 6.07 Å². The average molecular weight is 526 g/mol. The third-order valence-corrected chi connectivity index (χ3v) is 7.71. The van der Waals surface area contributed by atoms with Crippen LogP contribution in [0.4, 0.5) is 15.9 Å². The molecule has 5 rings (SSSR count). The number of nitrogens with one attached hydrogen (secondary N) is 1. The minimum absolute atomic E-state index is 0.0174. The maximum absolute atomic E-state index is 13.0. The van der Waals surface area contributed by atoms with Crippen molar-refractivity contribution < 1.29 is 14.3 Å². The molecule has 3 saturated heterocycles. The van der Waals surface area contributed by atoms with Crippen molar-refractivity contribution in [1.82, 2.24) is 34.6 Å². The first kappa shape index (κ1) is 25.3. The summed E-state index contributed by atoms with van der Waals surface area (Å²) in [6.07, 6.45) is 3.79. The summed E-state index contributed by atoms with van der Waals surface area (Å²) in [6, 6.07) is 4.17. The molecule has 1 N–H and O–H groups in total. The number of aromatic nitrogens is 3. The number of nitriles is 1. The number of likely N-dealkylation sites (tertiary alicyclic amines) is 1. The van der Waals surface area contributed by atoms with Crippen molar-refractivity contribution in [1.29, 1.82) is 5.26 Å². The summed E-state index contributed by atoms with van der Waals surface area (Å²) in [4.78, 5) is 46.7. The number of anilines is 2. The Balaban J connectivity index is 1.15. The molecule has 3 aliphatic rings. The minimum atomic E-state index is -0.141. The molecule has 3 amide bonds. The van der Waals surface area contributed by atoms with Crippen molar-refractivity contribution in [2.75, 3.05) is 77.4 Å². The Morgan fingerprint density at radius 3 is 2.62 bits per heavy atom. The highest BCUT2D eigenvalue weighted by Gasteiger charge is 2.29. The van der Waals surface area contributed by atoms with E-state index in [0.717, 1.165) is 31.6 Å². The molecule has 13 heteroatoms. The normalized spacial score (nSPS) is 20.9. The molecule has 0 aliphatic carbocycles. The van der Waals surface area contributed by atoms with E-state index in [-0.39, 0.29) is 17.9 Å². The quantitative estimate of drug-likeness (QED) is 0.578. The second-order valence-corrected chi connectivity index (χ2v) is 10.2. The number of carbonyl (C=O) groups excluding carboxylic acids is 2. The number of hydrogen-bond donors (Lipinski definition) is 1. The maximum atomic E-state index is 13.0. The number of thiazole rings is 1. The van der Waals surface area contributed by atoms with Gasteiger partial charge in [0.05, 0.1) is 31.5 Å². The van der Waals surface area contributed by atoms with E-state index < -0.39 is 0 Å². The lowest BCUT2D eigenvalue weighted by Crippen LogP contribution is -2.55. The van der Waals surface area contributed by atoms with E-state index >= 15 is 0 Å². The standard InChI is InChI=1S/C24H31N9O3S/c25-4-7-30-6-1-2-18(16-30)19-3-5-26-22(27-19)29-23-28-20(17-37-23)21(34)31-8-10-32(11-9-31)24(35)33-12-14-36-15-13-33/h3,5,17-18H,1-2,6-16H2,(H,26,27,28,29)/t18-/m1/s1. The number of carbonyl (C=O) groups is 2. The Kier molecular flexibility index (Phi) is 8.08. The zero-order valence-electron chi connectivity index (χ0n) is 20.7. The second kappa shape index (κ2) is 11.8. The number of hydrogen-bond acceptors (Lipinski definition) is 10. The van der Waals surface area contributed by atoms with Gasteiger partial charge in [0.15, 0.2) is 5.13 Å². The van der Waals surface area contributed by atoms with Crippen LogP contribution in [0.1, 0.15) is 34.9 Å². The Morgan fingerprint density at radius 2 is 1.84 bits per heavy atom. The topological polar surface area (TPSA) is 131 Å². The van der Waals surface area contributed by atoms with Gasteiger partial charge in [-0.2, -0.15) is 5.26 Å². The Morgan fingerprint density at radius 1 is 1.08 bits per heavy atom. The average Bonchev–Trinajstić information content (AvgIpc) is 3.42. The lowest BCUT2D eigenvalue weighted by atomic mass is 9.94. The number of piperazine rings is 1. The van der Waals surface area contributed by atoms with E-state index in [9.17, 15) is 9.59 Å². The molecule has 2 aromatic heterocycles. The maximum Gasteiger partial charge on any atom is 0.320 e. The van der Waals surface area contributed by atoms with E-state index in [4.69, 9.17) is 10.00 Å². The fourth-order valence-corrected chi connectivity index (χ4v) is 5.62. The largest absolute Gasteiger partial charge is 0.378 e. The predicted octanol–water partition coefficient (Wildman–Crippen LogP) is 1.59. The fourth-order valence-electron chi connectivity index (χ4n) is 4.94. The van der Waals surface area contributed by atoms with Gasteiger partial charge < -0.3 is 24.8 Å². The SMILES string of the molecule is N#CCN1CCC[C@@H](c2ccnc(Nc3nc(C(=O)N4CCN(C(=O)N5CCOCC5)CC4)cs3)n2)C1. The molecular formula is C24H31N9O3S. The van der Waals surface area contributed by atoms with Crippen molar-refractivity contribution in [3.05, 3.63) is 29.0 Å². The summed E-state index contributed by atoms with van der Waals surface area (Å²) in [7, 11) is 0. The first-order chi connectivity index (χ1) is 18.1. The monoisotopic (exact) mass is 525 g/mol. The number of morpholine rings is 1. The molecule has 5 heterocycles. The van der Waals surface area contributed by atoms with Crippen LogP contribution in [0.25, 0.3) is 0 Å². The zero-order chi connectivity index (χ0) is 25.6. The molecule has 0 aromatic carbocycles. The van der Waals surface area contributed by atoms with E-state index in [1.807, 2.05) is 11.0 Å². The summed E-state index contributed by atoms with van der Waals surface area (Å²) < 4.78 is 5.32. The van der Waals surface area contributed by atoms with Crippen molar-refractivity contribution in [2.24, 2.45) is 0 Å². The van der Waals surface area contributed by atoms with Crippen LogP contribution in [0.5, 0.6) is 0 Å². The molecule has 0 spiro atoms. The highest BCUT2D eigenvalue weighted by atomic mass is 32.1. The van der Waals surface area contributed by atoms with E-state index in [1.165, 1.54) is 11.3 Å². The van der Waals surface area contributed by atoms with Gasteiger partial charge >= 0.3 is 6.03 Å². The van der Waals surface area contributed by atoms with Gasteiger partial charge in [0.25, 0.3) is 5.91 Å². The third-order valence-electron chi connectivity index (χ3n) is 6.96. The Labute approximate surface area is 219 Å². The van der Waals surface area contributed by atoms with Gasteiger partial charge in [0.2, 0.25) is 5.95 Å². The van der Waals surface area contributed by atoms with E-state index in [1.54, 1.807) is 21.4 Å². The molecule has 2 aromatic rings. The molecular weight excluding hydrogens is 494 g/mol. The second-order valence-electron chi connectivity index (χ2n) is 9.36. The fraction of sp³-hybridized carbons (Fsp3) is 0.583. The van der Waals surface area contributed by atoms with Crippen LogP contribution in [-0.2, 0) is 4.74 Å². The molecule has 0 saturated carbocycles. The molecule has 0 bridgehead atoms. The lowest BCUT2D eigenvalue weighted by molar-refractivity contribution is 0.0362. The summed E-state index contributed by atoms with van der Waals surface area (Å²) in [5, 5.41) is 14.4. The van der Waals surface area contributed by atoms with Crippen LogP contribution in [0.2, 0.25) is 0 Å². The van der Waals surface area contributed by atoms with Gasteiger partial charge in [0.1, 0.15) is 5.69 Å². The van der Waals surface area contributed by atoms with Gasteiger partial charge in [0, 0.05) is 63.3 Å². The summed E-state index contributed by atoms with van der Waals surface area (Å²) >= 11 is 1.33. The number of amides is 3. The Bertz CT molecular complexity index is 1140. The number of rotatable bonds is 5. The molecule has 3 aliphatic heterocycles. The minimum Gasteiger partial charge on any atom is -0.378 e. The molecule has 37 heavy (non-hydrogen) atoms. The number of nitrogens with zero attached hydrogens (tertiary/aromatic N) is 8. The molecule has 196 valence electrons. The highest BCUT2D eigenvalue weighted by molar-refractivity contribution is 7.14. The molecule has 1 atom stereocenters. The van der Waals surface area contributed by atoms with Crippen molar-refractivity contribution in [2.45, 2.75) is 18.8 Å². The summed E-state index contributed by atoms with van der Waals surface area (Å²) in [5.41, 5.74) is 1.31. The summed E-state index contributed by atoms with van der Waals surface area (Å²) in [5.74, 6) is 0.559. The van der Waals surface area contributed by atoms with Gasteiger partial charge in [-0.1, -0.05) is 0 Å². The van der Waals surface area contributed by atoms with Crippen LogP contribution in [0.15, 0.2) is 17.6 Å². The smallest absolute Gasteiger partial charge is 0.320 e. The lowest BCUT2D eigenvalue weighted by Gasteiger charge is -2.38. The molecule has 3 fully saturated rings. The van der Waals surface area contributed by atoms with Gasteiger partial charge in [-0.05, 0) is 25.5 Å². The van der Waals surface area contributed by atoms with Crippen molar-refractivity contribution in [3.63, 3.8) is 0 Å². The van der Waals surface area contributed by atoms with E-state index in [2.05, 4.69) is 31.2 Å². The van der Waals surface area contributed by atoms with Gasteiger partial charge in [-0.15, -0.1) is 11.3 Å². The van der Waals surface area contributed by atoms with Crippen LogP contribution in [0.3, 0.4) is 0 Å². The molecule has 0 radical (unpaired) electrons. The first-order valence-electron chi connectivity index (χ1n) is 12.7. The van der Waals surface area contributed by atoms with Crippen LogP contribution >= 0.6 is 11.3 Å². The molecule has 0 unspecified atom stereocenters. The highest BCUT2D eigenvalue weighted by Crippen LogP contribution is 2.27. The third kappa shape index (κ3) is 6.15. The zero-order valence-corrected chi connectivity index (χ0v) is 21.5. The van der Waals surface area contributed by atoms with E-state index in [0.29, 0.717) is 75.8 Å². The number of ether oxygens (including phenoxy) is 1. The summed E-state index contributed by atoms with van der Waals surface area (Å²) in [6.45, 7) is 6.51. The van der Waals surface area contributed by atoms with Gasteiger partial charge in [-0.3, -0.25) is 9.69 Å². The van der Waals surface area contributed by atoms with Crippen LogP contribution < -0.4 is 5.32 Å². The number of urea groups is 1. The predicted molar refractivity (Wildman–Crippen MR) is 137 cm³/mol. The molecule has 12 nitrogen and oxygen atoms in total. The Hall–Kier alpha value is -3.34. The van der Waals surface area contributed by atoms with Crippen molar-refractivity contribution >= 4 is 34.4 Å². The van der Waals surface area contributed by atoms with Gasteiger partial charge in [-0.25, -0.2) is 19.7 Å². The first-order valence-corrected chi connectivity index (χ1v) is 13.5.